The first-order valence-electron chi connectivity index (χ1n) is 13.9. The van der Waals surface area contributed by atoms with E-state index in [1.165, 1.54) is 4.68 Å². The summed E-state index contributed by atoms with van der Waals surface area (Å²) in [5, 5.41) is 10.7. The number of halogens is 1. The highest BCUT2D eigenvalue weighted by atomic mass is 35.5. The third kappa shape index (κ3) is 5.67. The number of likely N-dealkylation sites (tertiary alicyclic amines) is 1. The number of ether oxygens (including phenoxy) is 1. The number of amides is 4. The van der Waals surface area contributed by atoms with E-state index in [0.717, 1.165) is 19.3 Å². The molecule has 3 atom stereocenters. The molecule has 0 radical (unpaired) electrons. The maximum atomic E-state index is 13.7. The summed E-state index contributed by atoms with van der Waals surface area (Å²) in [6.45, 7) is 2.56. The van der Waals surface area contributed by atoms with Crippen molar-refractivity contribution in [3.8, 4) is 0 Å². The molecule has 13 nitrogen and oxygen atoms in total. The molecule has 1 saturated carbocycles. The van der Waals surface area contributed by atoms with Gasteiger partial charge in [0.05, 0.1) is 25.3 Å². The van der Waals surface area contributed by atoms with E-state index < -0.39 is 11.9 Å². The van der Waals surface area contributed by atoms with Gasteiger partial charge in [0.2, 0.25) is 17.7 Å². The number of nitrogens with zero attached hydrogens (tertiary/aromatic N) is 5. The Balaban J connectivity index is 1.20. The minimum absolute atomic E-state index is 0.00801. The van der Waals surface area contributed by atoms with Gasteiger partial charge in [-0.2, -0.15) is 5.10 Å². The molecular weight excluding hydrogens is 564 g/mol. The molecule has 4 heterocycles. The number of nitrogens with one attached hydrogen (secondary N) is 2. The van der Waals surface area contributed by atoms with Crippen LogP contribution in [0.5, 0.6) is 0 Å². The molecule has 3 aromatic rings. The quantitative estimate of drug-likeness (QED) is 0.330. The van der Waals surface area contributed by atoms with Crippen molar-refractivity contribution in [3.63, 3.8) is 0 Å². The van der Waals surface area contributed by atoms with Gasteiger partial charge in [-0.3, -0.25) is 28.8 Å². The molecule has 2 saturated heterocycles. The van der Waals surface area contributed by atoms with Crippen LogP contribution < -0.4 is 16.4 Å². The van der Waals surface area contributed by atoms with E-state index in [1.54, 1.807) is 41.3 Å². The lowest BCUT2D eigenvalue weighted by molar-refractivity contribution is -0.141. The summed E-state index contributed by atoms with van der Waals surface area (Å²) in [7, 11) is 0. The van der Waals surface area contributed by atoms with Crippen molar-refractivity contribution in [3.05, 3.63) is 47.2 Å². The van der Waals surface area contributed by atoms with Crippen LogP contribution in [-0.4, -0.2) is 93.1 Å². The van der Waals surface area contributed by atoms with Crippen LogP contribution in [-0.2, 0) is 25.7 Å². The smallest absolute Gasteiger partial charge is 0.269 e. The average molecular weight is 595 g/mol. The molecule has 1 aliphatic carbocycles. The summed E-state index contributed by atoms with van der Waals surface area (Å²) in [6, 6.07) is 9.25. The van der Waals surface area contributed by atoms with Crippen LogP contribution in [0.1, 0.15) is 29.8 Å². The Morgan fingerprint density at radius 3 is 2.62 bits per heavy atom. The van der Waals surface area contributed by atoms with Crippen LogP contribution >= 0.6 is 11.6 Å². The van der Waals surface area contributed by atoms with E-state index >= 15 is 0 Å². The zero-order chi connectivity index (χ0) is 29.4. The zero-order valence-electron chi connectivity index (χ0n) is 22.8. The molecule has 2 aliphatic heterocycles. The number of primary amides is 1. The average Bonchev–Trinajstić information content (AvgIpc) is 3.67. The number of hydrogen-bond donors (Lipinski definition) is 3. The molecule has 3 fully saturated rings. The molecule has 14 heteroatoms. The highest BCUT2D eigenvalue weighted by Crippen LogP contribution is 2.43. The molecule has 6 rings (SSSR count). The largest absolute Gasteiger partial charge is 0.379 e. The highest BCUT2D eigenvalue weighted by molar-refractivity contribution is 6.29. The molecule has 2 bridgehead atoms. The first-order valence-corrected chi connectivity index (χ1v) is 14.3. The third-order valence-corrected chi connectivity index (χ3v) is 8.34. The molecule has 0 unspecified atom stereocenters. The zero-order valence-corrected chi connectivity index (χ0v) is 23.5. The van der Waals surface area contributed by atoms with Gasteiger partial charge in [-0.15, -0.1) is 0 Å². The Morgan fingerprint density at radius 2 is 1.86 bits per heavy atom. The summed E-state index contributed by atoms with van der Waals surface area (Å²) in [6.07, 6.45) is 2.41. The monoisotopic (exact) mass is 594 g/mol. The fraction of sp³-hybridized carbons (Fsp3) is 0.429. The van der Waals surface area contributed by atoms with E-state index in [0.29, 0.717) is 48.7 Å². The van der Waals surface area contributed by atoms with Crippen LogP contribution in [0.25, 0.3) is 10.9 Å². The molecule has 3 aliphatic rings. The Kier molecular flexibility index (Phi) is 7.80. The molecular formula is C28H31ClN8O5. The van der Waals surface area contributed by atoms with Crippen molar-refractivity contribution in [2.45, 2.75) is 37.9 Å². The van der Waals surface area contributed by atoms with Gasteiger partial charge in [0.15, 0.2) is 5.69 Å². The number of aromatic nitrogens is 3. The predicted molar refractivity (Wildman–Crippen MR) is 154 cm³/mol. The second kappa shape index (κ2) is 11.7. The SMILES string of the molecule is NC(=O)c1nn(CC(=O)N2[C@@H]3CC[C@@H](C3)[C@H]2C(=O)Nc2cccc(Cl)n2)c2ccc(NC(=O)CN3CCOCC3)cc12. The van der Waals surface area contributed by atoms with Crippen molar-refractivity contribution >= 4 is 57.6 Å². The number of pyridine rings is 1. The van der Waals surface area contributed by atoms with Gasteiger partial charge in [0.25, 0.3) is 5.91 Å². The van der Waals surface area contributed by atoms with Gasteiger partial charge < -0.3 is 26.0 Å². The van der Waals surface area contributed by atoms with E-state index in [1.807, 2.05) is 4.90 Å². The summed E-state index contributed by atoms with van der Waals surface area (Å²) in [4.78, 5) is 59.7. The number of carbonyl (C=O) groups excluding carboxylic acids is 4. The Morgan fingerprint density at radius 1 is 1.05 bits per heavy atom. The minimum Gasteiger partial charge on any atom is -0.379 e. The van der Waals surface area contributed by atoms with Gasteiger partial charge in [0, 0.05) is 30.2 Å². The standard InChI is InChI=1S/C28H31ClN8O5/c29-21-2-1-3-22(32-21)33-28(41)26-16-4-6-18(12-16)37(26)24(39)15-36-20-7-5-17(13-19(20)25(34-36)27(30)40)31-23(38)14-35-8-10-42-11-9-35/h1-3,5,7,13,16,18,26H,4,6,8-12,14-15H2,(H2,30,40)(H,31,38)(H,32,33,41)/t16-,18+,26-/m0/s1. The van der Waals surface area contributed by atoms with Crippen molar-refractivity contribution in [2.24, 2.45) is 11.7 Å². The highest BCUT2D eigenvalue weighted by Gasteiger charge is 2.51. The predicted octanol–water partition coefficient (Wildman–Crippen LogP) is 1.47. The Hall–Kier alpha value is -4.07. The summed E-state index contributed by atoms with van der Waals surface area (Å²) >= 11 is 5.97. The van der Waals surface area contributed by atoms with E-state index in [2.05, 4.69) is 20.7 Å². The first kappa shape index (κ1) is 28.1. The second-order valence-electron chi connectivity index (χ2n) is 10.8. The van der Waals surface area contributed by atoms with Crippen molar-refractivity contribution in [1.82, 2.24) is 24.6 Å². The van der Waals surface area contributed by atoms with Crippen LogP contribution in [0, 0.1) is 5.92 Å². The maximum Gasteiger partial charge on any atom is 0.269 e. The van der Waals surface area contributed by atoms with Gasteiger partial charge in [-0.05, 0) is 55.5 Å². The van der Waals surface area contributed by atoms with Crippen molar-refractivity contribution in [2.75, 3.05) is 43.5 Å². The number of hydrogen-bond acceptors (Lipinski definition) is 8. The fourth-order valence-corrected chi connectivity index (χ4v) is 6.46. The molecule has 2 aromatic heterocycles. The fourth-order valence-electron chi connectivity index (χ4n) is 6.29. The number of fused-ring (bicyclic) bond motifs is 3. The Labute approximate surface area is 246 Å². The Bertz CT molecular complexity index is 1550. The van der Waals surface area contributed by atoms with Crippen molar-refractivity contribution < 1.29 is 23.9 Å². The topological polar surface area (TPSA) is 165 Å². The van der Waals surface area contributed by atoms with E-state index in [-0.39, 0.29) is 53.6 Å². The molecule has 42 heavy (non-hydrogen) atoms. The number of nitrogens with two attached hydrogens (primary N) is 1. The lowest BCUT2D eigenvalue weighted by Gasteiger charge is -2.34. The van der Waals surface area contributed by atoms with Crippen LogP contribution in [0.2, 0.25) is 5.15 Å². The normalized spacial score (nSPS) is 21.9. The van der Waals surface area contributed by atoms with Gasteiger partial charge in [-0.1, -0.05) is 17.7 Å². The molecule has 220 valence electrons. The molecule has 0 spiro atoms. The number of piperidine rings is 1. The lowest BCUT2D eigenvalue weighted by atomic mass is 9.97. The summed E-state index contributed by atoms with van der Waals surface area (Å²) < 4.78 is 6.75. The number of morpholine rings is 1. The van der Waals surface area contributed by atoms with E-state index in [9.17, 15) is 19.2 Å². The van der Waals surface area contributed by atoms with E-state index in [4.69, 9.17) is 22.1 Å². The number of carbonyl (C=O) groups is 4. The summed E-state index contributed by atoms with van der Waals surface area (Å²) in [5.74, 6) is -1.19. The van der Waals surface area contributed by atoms with Gasteiger partial charge in [-0.25, -0.2) is 4.98 Å². The number of benzene rings is 1. The minimum atomic E-state index is -0.755. The number of rotatable bonds is 8. The number of anilines is 2. The molecule has 4 N–H and O–H groups in total. The molecule has 4 amide bonds. The van der Waals surface area contributed by atoms with Crippen LogP contribution in [0.15, 0.2) is 36.4 Å². The van der Waals surface area contributed by atoms with Crippen LogP contribution in [0.3, 0.4) is 0 Å². The lowest BCUT2D eigenvalue weighted by Crippen LogP contribution is -2.52. The summed E-state index contributed by atoms with van der Waals surface area (Å²) in [5.41, 5.74) is 6.62. The first-order chi connectivity index (χ1) is 20.3. The van der Waals surface area contributed by atoms with Crippen molar-refractivity contribution in [1.29, 1.82) is 0 Å². The van der Waals surface area contributed by atoms with Gasteiger partial charge >= 0.3 is 0 Å². The van der Waals surface area contributed by atoms with Gasteiger partial charge in [0.1, 0.15) is 23.6 Å². The third-order valence-electron chi connectivity index (χ3n) is 8.13. The maximum absolute atomic E-state index is 13.7. The second-order valence-corrected chi connectivity index (χ2v) is 11.2. The van der Waals surface area contributed by atoms with Crippen LogP contribution in [0.4, 0.5) is 11.5 Å². The molecule has 1 aromatic carbocycles.